The third-order valence-electron chi connectivity index (χ3n) is 6.61. The van der Waals surface area contributed by atoms with E-state index in [-0.39, 0.29) is 17.4 Å². The number of esters is 2. The van der Waals surface area contributed by atoms with Crippen LogP contribution in [0.4, 0.5) is 5.00 Å². The molecule has 4 atom stereocenters. The number of rotatable bonds is 6. The number of fused-ring (bicyclic) bond motifs is 2. The molecule has 0 bridgehead atoms. The molecule has 1 aromatic rings. The van der Waals surface area contributed by atoms with E-state index in [1.807, 2.05) is 6.92 Å². The number of nitrogens with zero attached hydrogens (tertiary/aromatic N) is 1. The van der Waals surface area contributed by atoms with Gasteiger partial charge in [0.2, 0.25) is 5.91 Å². The molecule has 0 unspecified atom stereocenters. The van der Waals surface area contributed by atoms with Crippen molar-refractivity contribution in [3.05, 3.63) is 16.0 Å². The Bertz CT molecular complexity index is 992. The van der Waals surface area contributed by atoms with Crippen LogP contribution in [0.2, 0.25) is 0 Å². The van der Waals surface area contributed by atoms with Crippen molar-refractivity contribution in [3.8, 4) is 0 Å². The molecule has 3 heterocycles. The zero-order valence-corrected chi connectivity index (χ0v) is 21.0. The van der Waals surface area contributed by atoms with Crippen molar-refractivity contribution in [3.63, 3.8) is 0 Å². The summed E-state index contributed by atoms with van der Waals surface area (Å²) >= 11 is 2.97. The highest BCUT2D eigenvalue weighted by Gasteiger charge is 2.53. The highest BCUT2D eigenvalue weighted by atomic mass is 32.2. The highest BCUT2D eigenvalue weighted by Crippen LogP contribution is 2.47. The molecule has 4 rings (SSSR count). The molecule has 0 aromatic carbocycles. The molecule has 0 saturated carbocycles. The molecular weight excluding hydrogens is 464 g/mol. The summed E-state index contributed by atoms with van der Waals surface area (Å²) in [5.74, 6) is -0.620. The van der Waals surface area contributed by atoms with Gasteiger partial charge in [0, 0.05) is 17.1 Å². The molecular formula is C23H30N2O6S2. The summed E-state index contributed by atoms with van der Waals surface area (Å²) in [4.78, 5) is 53.0. The van der Waals surface area contributed by atoms with Crippen molar-refractivity contribution in [2.45, 2.75) is 76.8 Å². The van der Waals surface area contributed by atoms with Crippen LogP contribution >= 0.6 is 23.1 Å². The standard InChI is InChI=1S/C23H30N2O6S2/c1-5-30-22(29)18-14-7-6-12(2)10-16(14)33-20(18)24-19(27)13(3)31-21(28)15-11-32-23(4)9-8-17(26)25(15)23/h12-13,15H,5-11H2,1-4H3,(H,24,27)/t12-,13+,15+,23-/m1/s1. The molecule has 1 N–H and O–H groups in total. The SMILES string of the molecule is CCOC(=O)c1c(NC(=O)[C@H](C)OC(=O)[C@@H]2CS[C@]3(C)CCC(=O)N23)sc2c1CC[C@@H](C)C2. The van der Waals surface area contributed by atoms with Crippen LogP contribution in [-0.2, 0) is 36.7 Å². The molecule has 8 nitrogen and oxygen atoms in total. The van der Waals surface area contributed by atoms with Crippen LogP contribution in [0.25, 0.3) is 0 Å². The van der Waals surface area contributed by atoms with Crippen molar-refractivity contribution in [1.82, 2.24) is 4.90 Å². The number of amides is 2. The summed E-state index contributed by atoms with van der Waals surface area (Å²) in [7, 11) is 0. The molecule has 0 spiro atoms. The van der Waals surface area contributed by atoms with Gasteiger partial charge in [-0.05, 0) is 57.9 Å². The lowest BCUT2D eigenvalue weighted by molar-refractivity contribution is -0.160. The van der Waals surface area contributed by atoms with Gasteiger partial charge in [-0.2, -0.15) is 0 Å². The first kappa shape index (κ1) is 24.1. The summed E-state index contributed by atoms with van der Waals surface area (Å²) in [6.07, 6.45) is 2.65. The molecule has 2 aliphatic heterocycles. The third-order valence-corrected chi connectivity index (χ3v) is 9.28. The topological polar surface area (TPSA) is 102 Å². The van der Waals surface area contributed by atoms with Gasteiger partial charge in [0.25, 0.3) is 5.91 Å². The Labute approximate surface area is 201 Å². The average Bonchev–Trinajstić information content (AvgIpc) is 3.38. The monoisotopic (exact) mass is 494 g/mol. The highest BCUT2D eigenvalue weighted by molar-refractivity contribution is 8.01. The maximum atomic E-state index is 12.9. The van der Waals surface area contributed by atoms with Crippen LogP contribution in [-0.4, -0.2) is 58.0 Å². The Kier molecular flexibility index (Phi) is 6.77. The van der Waals surface area contributed by atoms with Gasteiger partial charge in [-0.3, -0.25) is 9.59 Å². The maximum Gasteiger partial charge on any atom is 0.341 e. The number of carbonyl (C=O) groups excluding carboxylic acids is 4. The van der Waals surface area contributed by atoms with Crippen LogP contribution in [0.5, 0.6) is 0 Å². The average molecular weight is 495 g/mol. The van der Waals surface area contributed by atoms with E-state index in [4.69, 9.17) is 9.47 Å². The molecule has 2 amide bonds. The number of anilines is 1. The van der Waals surface area contributed by atoms with E-state index in [2.05, 4.69) is 12.2 Å². The minimum absolute atomic E-state index is 0.0565. The van der Waals surface area contributed by atoms with E-state index in [0.29, 0.717) is 35.1 Å². The van der Waals surface area contributed by atoms with Crippen molar-refractivity contribution in [1.29, 1.82) is 0 Å². The number of hydrogen-bond acceptors (Lipinski definition) is 8. The molecule has 1 aromatic heterocycles. The van der Waals surface area contributed by atoms with Crippen LogP contribution in [0, 0.1) is 5.92 Å². The number of carbonyl (C=O) groups is 4. The Morgan fingerprint density at radius 2 is 2.06 bits per heavy atom. The zero-order valence-electron chi connectivity index (χ0n) is 19.4. The summed E-state index contributed by atoms with van der Waals surface area (Å²) in [6.45, 7) is 7.62. The molecule has 10 heteroatoms. The lowest BCUT2D eigenvalue weighted by atomic mass is 9.88. The van der Waals surface area contributed by atoms with Gasteiger partial charge in [-0.25, -0.2) is 9.59 Å². The Morgan fingerprint density at radius 1 is 1.30 bits per heavy atom. The maximum absolute atomic E-state index is 12.9. The molecule has 3 aliphatic rings. The lowest BCUT2D eigenvalue weighted by Gasteiger charge is -2.29. The van der Waals surface area contributed by atoms with E-state index >= 15 is 0 Å². The second-order valence-corrected chi connectivity index (χ2v) is 11.7. The third kappa shape index (κ3) is 4.51. The smallest absolute Gasteiger partial charge is 0.341 e. The predicted octanol–water partition coefficient (Wildman–Crippen LogP) is 3.37. The van der Waals surface area contributed by atoms with Crippen LogP contribution in [0.3, 0.4) is 0 Å². The van der Waals surface area contributed by atoms with E-state index < -0.39 is 30.0 Å². The fourth-order valence-corrected chi connectivity index (χ4v) is 7.59. The van der Waals surface area contributed by atoms with Crippen molar-refractivity contribution < 1.29 is 28.7 Å². The summed E-state index contributed by atoms with van der Waals surface area (Å²) in [6, 6.07) is -0.684. The quantitative estimate of drug-likeness (QED) is 0.605. The van der Waals surface area contributed by atoms with Crippen LogP contribution < -0.4 is 5.32 Å². The molecule has 2 saturated heterocycles. The van der Waals surface area contributed by atoms with Gasteiger partial charge in [-0.15, -0.1) is 23.1 Å². The normalized spacial score (nSPS) is 27.0. The summed E-state index contributed by atoms with van der Waals surface area (Å²) < 4.78 is 10.7. The molecule has 2 fully saturated rings. The predicted molar refractivity (Wildman–Crippen MR) is 126 cm³/mol. The fourth-order valence-electron chi connectivity index (χ4n) is 4.77. The van der Waals surface area contributed by atoms with Gasteiger partial charge >= 0.3 is 11.9 Å². The fraction of sp³-hybridized carbons (Fsp3) is 0.652. The minimum Gasteiger partial charge on any atom is -0.462 e. The Hall–Kier alpha value is -2.07. The van der Waals surface area contributed by atoms with Gasteiger partial charge in [0.1, 0.15) is 11.0 Å². The van der Waals surface area contributed by atoms with Gasteiger partial charge < -0.3 is 19.7 Å². The number of thiophene rings is 1. The van der Waals surface area contributed by atoms with Crippen molar-refractivity contribution in [2.75, 3.05) is 17.7 Å². The van der Waals surface area contributed by atoms with Crippen molar-refractivity contribution in [2.24, 2.45) is 5.92 Å². The zero-order chi connectivity index (χ0) is 23.9. The molecule has 33 heavy (non-hydrogen) atoms. The number of thioether (sulfide) groups is 1. The van der Waals surface area contributed by atoms with E-state index in [1.54, 1.807) is 23.6 Å². The Morgan fingerprint density at radius 3 is 2.79 bits per heavy atom. The molecule has 180 valence electrons. The number of hydrogen-bond donors (Lipinski definition) is 1. The van der Waals surface area contributed by atoms with Crippen molar-refractivity contribution >= 4 is 51.9 Å². The summed E-state index contributed by atoms with van der Waals surface area (Å²) in [5, 5.41) is 3.24. The van der Waals surface area contributed by atoms with E-state index in [0.717, 1.165) is 29.7 Å². The summed E-state index contributed by atoms with van der Waals surface area (Å²) in [5.41, 5.74) is 1.37. The van der Waals surface area contributed by atoms with Gasteiger partial charge in [-0.1, -0.05) is 6.92 Å². The first-order valence-electron chi connectivity index (χ1n) is 11.4. The molecule has 0 radical (unpaired) electrons. The van der Waals surface area contributed by atoms with Crippen LogP contribution in [0.1, 0.15) is 67.8 Å². The first-order valence-corrected chi connectivity index (χ1v) is 13.2. The van der Waals surface area contributed by atoms with Gasteiger partial charge in [0.15, 0.2) is 6.10 Å². The number of nitrogens with one attached hydrogen (secondary N) is 1. The van der Waals surface area contributed by atoms with E-state index in [1.165, 1.54) is 18.3 Å². The van der Waals surface area contributed by atoms with Crippen LogP contribution in [0.15, 0.2) is 0 Å². The second kappa shape index (κ2) is 9.29. The van der Waals surface area contributed by atoms with E-state index in [9.17, 15) is 19.2 Å². The second-order valence-electron chi connectivity index (χ2n) is 9.11. The first-order chi connectivity index (χ1) is 15.6. The lowest BCUT2D eigenvalue weighted by Crippen LogP contribution is -2.48. The minimum atomic E-state index is -1.07. The van der Waals surface area contributed by atoms with Gasteiger partial charge in [0.05, 0.1) is 17.0 Å². The number of ether oxygens (including phenoxy) is 2. The largest absolute Gasteiger partial charge is 0.462 e. The molecule has 1 aliphatic carbocycles. The Balaban J connectivity index is 1.46.